The van der Waals surface area contributed by atoms with E-state index >= 15 is 0 Å². The van der Waals surface area contributed by atoms with E-state index in [0.717, 1.165) is 24.7 Å². The maximum absolute atomic E-state index is 11.2. The van der Waals surface area contributed by atoms with E-state index in [4.69, 9.17) is 4.74 Å². The molecular formula is C31H51NO3. The summed E-state index contributed by atoms with van der Waals surface area (Å²) in [5, 5.41) is 9.22. The van der Waals surface area contributed by atoms with Crippen LogP contribution in [0.4, 0.5) is 0 Å². The van der Waals surface area contributed by atoms with Crippen molar-refractivity contribution in [3.8, 4) is 0 Å². The van der Waals surface area contributed by atoms with Crippen molar-refractivity contribution in [3.05, 3.63) is 11.8 Å². The number of fused-ring (bicyclic) bond motifs is 1. The summed E-state index contributed by atoms with van der Waals surface area (Å²) in [5.41, 5.74) is 1.65. The van der Waals surface area contributed by atoms with Gasteiger partial charge >= 0.3 is 5.97 Å². The number of likely N-dealkylation sites (tertiary alicyclic amines) is 1. The number of rotatable bonds is 9. The second kappa shape index (κ2) is 12.5. The molecule has 4 aliphatic carbocycles. The third-order valence-electron chi connectivity index (χ3n) is 10.4. The Balaban J connectivity index is 1.18. The van der Waals surface area contributed by atoms with Crippen molar-refractivity contribution in [1.82, 2.24) is 4.90 Å². The fourth-order valence-electron chi connectivity index (χ4n) is 8.37. The lowest BCUT2D eigenvalue weighted by atomic mass is 9.75. The number of carboxylic acid groups (broad SMARTS) is 1. The molecule has 0 bridgehead atoms. The molecule has 1 heterocycles. The van der Waals surface area contributed by atoms with E-state index < -0.39 is 5.97 Å². The molecule has 5 rings (SSSR count). The van der Waals surface area contributed by atoms with Crippen molar-refractivity contribution in [2.24, 2.45) is 23.7 Å². The molecule has 3 atom stereocenters. The molecule has 4 heteroatoms. The maximum atomic E-state index is 11.2. The van der Waals surface area contributed by atoms with Gasteiger partial charge in [-0.05, 0) is 82.0 Å². The highest BCUT2D eigenvalue weighted by Crippen LogP contribution is 2.48. The molecule has 0 aromatic heterocycles. The van der Waals surface area contributed by atoms with Crippen molar-refractivity contribution in [2.45, 2.75) is 147 Å². The Kier molecular flexibility index (Phi) is 9.13. The predicted molar refractivity (Wildman–Crippen MR) is 141 cm³/mol. The van der Waals surface area contributed by atoms with Crippen LogP contribution in [0.3, 0.4) is 0 Å². The van der Waals surface area contributed by atoms with Crippen molar-refractivity contribution < 1.29 is 14.6 Å². The monoisotopic (exact) mass is 485 g/mol. The number of hydrogen-bond donors (Lipinski definition) is 1. The highest BCUT2D eigenvalue weighted by atomic mass is 16.5. The van der Waals surface area contributed by atoms with Crippen molar-refractivity contribution in [1.29, 1.82) is 0 Å². The molecule has 0 aromatic carbocycles. The maximum Gasteiger partial charge on any atom is 0.303 e. The van der Waals surface area contributed by atoms with Gasteiger partial charge in [0.25, 0.3) is 0 Å². The molecule has 0 spiro atoms. The lowest BCUT2D eigenvalue weighted by Crippen LogP contribution is -2.39. The van der Waals surface area contributed by atoms with Crippen LogP contribution in [0, 0.1) is 23.7 Å². The molecule has 0 amide bonds. The van der Waals surface area contributed by atoms with E-state index in [1.807, 2.05) is 0 Å². The summed E-state index contributed by atoms with van der Waals surface area (Å²) in [4.78, 5) is 14.0. The second-order valence-electron chi connectivity index (χ2n) is 12.8. The summed E-state index contributed by atoms with van der Waals surface area (Å²) < 4.78 is 6.56. The highest BCUT2D eigenvalue weighted by molar-refractivity contribution is 5.66. The Morgan fingerprint density at radius 1 is 0.829 bits per heavy atom. The zero-order chi connectivity index (χ0) is 24.0. The molecule has 198 valence electrons. The first-order valence-electron chi connectivity index (χ1n) is 15.5. The third-order valence-corrected chi connectivity index (χ3v) is 10.4. The highest BCUT2D eigenvalue weighted by Gasteiger charge is 2.43. The standard InChI is InChI=1S/C31H51NO3/c33-31(34)20-13-24-12-19-30-29(21-24)25(14-11-23-7-3-1-4-8-23)22-32(30)26-15-17-28(18-16-26)35-27-9-5-2-6-10-27/h19,23-29H,1-18,20-22H2,(H,33,34)/t24?,25?,26?,28?,29-/m1/s1. The topological polar surface area (TPSA) is 49.8 Å². The molecule has 1 N–H and O–H groups in total. The molecular weight excluding hydrogens is 434 g/mol. The second-order valence-corrected chi connectivity index (χ2v) is 12.8. The molecule has 2 unspecified atom stereocenters. The van der Waals surface area contributed by atoms with E-state index in [2.05, 4.69) is 11.0 Å². The molecule has 35 heavy (non-hydrogen) atoms. The third kappa shape index (κ3) is 6.84. The normalized spacial score (nSPS) is 35.0. The van der Waals surface area contributed by atoms with Crippen molar-refractivity contribution >= 4 is 5.97 Å². The van der Waals surface area contributed by atoms with Gasteiger partial charge in [-0.1, -0.05) is 63.9 Å². The number of carbonyl (C=O) groups is 1. The minimum atomic E-state index is -0.631. The zero-order valence-electron chi connectivity index (χ0n) is 22.2. The number of carboxylic acids is 1. The number of allylic oxidation sites excluding steroid dienone is 2. The SMILES string of the molecule is O=C(O)CCC1CC=C2[C@H](C1)C(CCC1CCCCC1)CN2C1CCC(OC2CCCCC2)CC1. The van der Waals surface area contributed by atoms with Crippen molar-refractivity contribution in [2.75, 3.05) is 6.54 Å². The first-order valence-corrected chi connectivity index (χ1v) is 15.5. The summed E-state index contributed by atoms with van der Waals surface area (Å²) in [7, 11) is 0. The average Bonchev–Trinajstić information content (AvgIpc) is 3.26. The van der Waals surface area contributed by atoms with E-state index in [0.29, 0.717) is 36.5 Å². The number of nitrogens with zero attached hydrogens (tertiary/aromatic N) is 1. The van der Waals surface area contributed by atoms with Crippen LogP contribution in [0.2, 0.25) is 0 Å². The van der Waals surface area contributed by atoms with Crippen LogP contribution in [0.1, 0.15) is 128 Å². The van der Waals surface area contributed by atoms with Gasteiger partial charge in [0.05, 0.1) is 12.2 Å². The van der Waals surface area contributed by atoms with Gasteiger partial charge in [0.15, 0.2) is 0 Å². The van der Waals surface area contributed by atoms with Crippen LogP contribution >= 0.6 is 0 Å². The number of ether oxygens (including phenoxy) is 1. The Hall–Kier alpha value is -1.03. The molecule has 4 nitrogen and oxygen atoms in total. The number of hydrogen-bond acceptors (Lipinski definition) is 3. The Morgan fingerprint density at radius 2 is 1.51 bits per heavy atom. The summed E-state index contributed by atoms with van der Waals surface area (Å²) in [5.74, 6) is 2.36. The first kappa shape index (κ1) is 25.6. The van der Waals surface area contributed by atoms with Crippen LogP contribution < -0.4 is 0 Å². The minimum Gasteiger partial charge on any atom is -0.481 e. The minimum absolute atomic E-state index is 0.335. The van der Waals surface area contributed by atoms with E-state index in [1.54, 1.807) is 5.70 Å². The molecule has 0 aromatic rings. The van der Waals surface area contributed by atoms with Gasteiger partial charge in [-0.15, -0.1) is 0 Å². The fraction of sp³-hybridized carbons (Fsp3) is 0.903. The lowest BCUT2D eigenvalue weighted by Gasteiger charge is -2.39. The average molecular weight is 486 g/mol. The van der Waals surface area contributed by atoms with Gasteiger partial charge in [-0.25, -0.2) is 0 Å². The van der Waals surface area contributed by atoms with E-state index in [1.165, 1.54) is 116 Å². The van der Waals surface area contributed by atoms with Gasteiger partial charge in [0.2, 0.25) is 0 Å². The zero-order valence-corrected chi connectivity index (χ0v) is 22.2. The van der Waals surface area contributed by atoms with Crippen LogP contribution in [-0.4, -0.2) is 40.8 Å². The van der Waals surface area contributed by atoms with Crippen LogP contribution in [0.5, 0.6) is 0 Å². The molecule has 0 radical (unpaired) electrons. The Bertz CT molecular complexity index is 700. The van der Waals surface area contributed by atoms with Crippen molar-refractivity contribution in [3.63, 3.8) is 0 Å². The van der Waals surface area contributed by atoms with Gasteiger partial charge in [0.1, 0.15) is 0 Å². The first-order chi connectivity index (χ1) is 17.2. The molecule has 4 fully saturated rings. The van der Waals surface area contributed by atoms with E-state index in [-0.39, 0.29) is 0 Å². The summed E-state index contributed by atoms with van der Waals surface area (Å²) in [6.45, 7) is 1.26. The summed E-state index contributed by atoms with van der Waals surface area (Å²) in [6.07, 6.45) is 28.9. The smallest absolute Gasteiger partial charge is 0.303 e. The Labute approximate surface area is 214 Å². The molecule has 1 aliphatic heterocycles. The lowest BCUT2D eigenvalue weighted by molar-refractivity contribution is -0.137. The fourth-order valence-corrected chi connectivity index (χ4v) is 8.37. The quantitative estimate of drug-likeness (QED) is 0.363. The molecule has 5 aliphatic rings. The summed E-state index contributed by atoms with van der Waals surface area (Å²) in [6, 6.07) is 0.699. The molecule has 3 saturated carbocycles. The van der Waals surface area contributed by atoms with Crippen LogP contribution in [0.25, 0.3) is 0 Å². The van der Waals surface area contributed by atoms with Gasteiger partial charge < -0.3 is 14.7 Å². The van der Waals surface area contributed by atoms with Crippen LogP contribution in [-0.2, 0) is 9.53 Å². The van der Waals surface area contributed by atoms with Gasteiger partial charge in [-0.3, -0.25) is 4.79 Å². The largest absolute Gasteiger partial charge is 0.481 e. The van der Waals surface area contributed by atoms with E-state index in [9.17, 15) is 9.90 Å². The predicted octanol–water partition coefficient (Wildman–Crippen LogP) is 7.71. The van der Waals surface area contributed by atoms with Gasteiger partial charge in [0, 0.05) is 30.6 Å². The number of aliphatic carboxylic acids is 1. The molecule has 1 saturated heterocycles. The van der Waals surface area contributed by atoms with Crippen LogP contribution in [0.15, 0.2) is 11.8 Å². The van der Waals surface area contributed by atoms with Gasteiger partial charge in [-0.2, -0.15) is 0 Å². The Morgan fingerprint density at radius 3 is 2.23 bits per heavy atom. The summed E-state index contributed by atoms with van der Waals surface area (Å²) >= 11 is 0.